The number of anilines is 1. The van der Waals surface area contributed by atoms with E-state index in [-0.39, 0.29) is 18.1 Å². The molecule has 1 aromatic carbocycles. The van der Waals surface area contributed by atoms with Crippen molar-refractivity contribution in [3.05, 3.63) is 54.6 Å². The molecule has 0 aliphatic rings. The number of ether oxygens (including phenoxy) is 1. The van der Waals surface area contributed by atoms with Gasteiger partial charge in [0.05, 0.1) is 11.4 Å². The molecule has 0 saturated heterocycles. The zero-order valence-corrected chi connectivity index (χ0v) is 11.4. The molecule has 7 heteroatoms. The third-order valence-electron chi connectivity index (χ3n) is 2.89. The van der Waals surface area contributed by atoms with Gasteiger partial charge in [0.1, 0.15) is 12.4 Å². The molecule has 3 rings (SSSR count). The summed E-state index contributed by atoms with van der Waals surface area (Å²) < 4.78 is 7.32. The number of benzene rings is 1. The van der Waals surface area contributed by atoms with E-state index in [1.807, 2.05) is 37.3 Å². The van der Waals surface area contributed by atoms with Gasteiger partial charge < -0.3 is 10.5 Å². The molecule has 7 nitrogen and oxygen atoms in total. The Hall–Kier alpha value is -2.96. The van der Waals surface area contributed by atoms with Gasteiger partial charge in [-0.3, -0.25) is 0 Å². The molecule has 21 heavy (non-hydrogen) atoms. The molecule has 0 fully saturated rings. The number of hydrogen-bond donors (Lipinski definition) is 1. The van der Waals surface area contributed by atoms with Gasteiger partial charge >= 0.3 is 6.01 Å². The van der Waals surface area contributed by atoms with E-state index in [9.17, 15) is 0 Å². The summed E-state index contributed by atoms with van der Waals surface area (Å²) in [6.45, 7) is 1.85. The molecule has 106 valence electrons. The van der Waals surface area contributed by atoms with Gasteiger partial charge in [0.25, 0.3) is 0 Å². The SMILES string of the molecule is CC(Oc1ncn(-c2ccccc2)n1)c1ccnc(N)n1. The monoisotopic (exact) mass is 282 g/mol. The number of nitrogens with zero attached hydrogens (tertiary/aromatic N) is 5. The van der Waals surface area contributed by atoms with Crippen molar-refractivity contribution in [2.24, 2.45) is 0 Å². The first kappa shape index (κ1) is 13.0. The third-order valence-corrected chi connectivity index (χ3v) is 2.89. The predicted molar refractivity (Wildman–Crippen MR) is 76.8 cm³/mol. The highest BCUT2D eigenvalue weighted by Crippen LogP contribution is 2.17. The molecule has 3 aromatic rings. The van der Waals surface area contributed by atoms with Crippen LogP contribution in [0.25, 0.3) is 5.69 Å². The highest BCUT2D eigenvalue weighted by atomic mass is 16.5. The quantitative estimate of drug-likeness (QED) is 0.784. The first-order chi connectivity index (χ1) is 10.2. The van der Waals surface area contributed by atoms with Gasteiger partial charge in [0.2, 0.25) is 5.95 Å². The molecular weight excluding hydrogens is 268 g/mol. The molecule has 0 saturated carbocycles. The summed E-state index contributed by atoms with van der Waals surface area (Å²) >= 11 is 0. The summed E-state index contributed by atoms with van der Waals surface area (Å²) in [6, 6.07) is 11.7. The Bertz CT molecular complexity index is 727. The molecule has 0 aliphatic heterocycles. The van der Waals surface area contributed by atoms with Crippen LogP contribution in [0, 0.1) is 0 Å². The molecule has 0 aliphatic carbocycles. The van der Waals surface area contributed by atoms with E-state index in [1.54, 1.807) is 23.3 Å². The maximum atomic E-state index is 5.67. The number of para-hydroxylation sites is 1. The van der Waals surface area contributed by atoms with E-state index in [1.165, 1.54) is 0 Å². The molecule has 2 N–H and O–H groups in total. The lowest BCUT2D eigenvalue weighted by Gasteiger charge is -2.10. The average molecular weight is 282 g/mol. The second-order valence-electron chi connectivity index (χ2n) is 4.41. The van der Waals surface area contributed by atoms with Gasteiger partial charge in [0.15, 0.2) is 0 Å². The van der Waals surface area contributed by atoms with E-state index in [2.05, 4.69) is 20.1 Å². The normalized spacial score (nSPS) is 12.0. The number of hydrogen-bond acceptors (Lipinski definition) is 6. The van der Waals surface area contributed by atoms with Gasteiger partial charge in [-0.05, 0) is 25.1 Å². The van der Waals surface area contributed by atoms with Crippen molar-refractivity contribution < 1.29 is 4.74 Å². The molecule has 0 bridgehead atoms. The Morgan fingerprint density at radius 3 is 2.71 bits per heavy atom. The molecule has 0 radical (unpaired) electrons. The lowest BCUT2D eigenvalue weighted by Crippen LogP contribution is -2.08. The van der Waals surface area contributed by atoms with Crippen LogP contribution in [0.3, 0.4) is 0 Å². The number of rotatable bonds is 4. The van der Waals surface area contributed by atoms with Crippen LogP contribution < -0.4 is 10.5 Å². The maximum absolute atomic E-state index is 5.67. The summed E-state index contributed by atoms with van der Waals surface area (Å²) in [5, 5.41) is 4.28. The Kier molecular flexibility index (Phi) is 3.46. The van der Waals surface area contributed by atoms with Crippen molar-refractivity contribution in [2.75, 3.05) is 5.73 Å². The Morgan fingerprint density at radius 2 is 1.95 bits per heavy atom. The van der Waals surface area contributed by atoms with Gasteiger partial charge in [0, 0.05) is 6.20 Å². The van der Waals surface area contributed by atoms with Gasteiger partial charge in [-0.15, -0.1) is 5.10 Å². The fraction of sp³-hybridized carbons (Fsp3) is 0.143. The summed E-state index contributed by atoms with van der Waals surface area (Å²) in [5.74, 6) is 0.214. The average Bonchev–Trinajstić information content (AvgIpc) is 2.97. The standard InChI is InChI=1S/C14H14N6O/c1-10(12-7-8-16-13(15)18-12)21-14-17-9-20(19-14)11-5-3-2-4-6-11/h2-10H,1H3,(H2,15,16,18). The van der Waals surface area contributed by atoms with Crippen molar-refractivity contribution in [3.8, 4) is 11.7 Å². The summed E-state index contributed by atoms with van der Waals surface area (Å²) in [4.78, 5) is 12.1. The highest BCUT2D eigenvalue weighted by molar-refractivity contribution is 5.29. The topological polar surface area (TPSA) is 91.7 Å². The summed E-state index contributed by atoms with van der Waals surface area (Å²) in [6.07, 6.45) is 2.88. The zero-order valence-electron chi connectivity index (χ0n) is 11.4. The number of nitrogen functional groups attached to an aromatic ring is 1. The van der Waals surface area contributed by atoms with Crippen LogP contribution in [0.2, 0.25) is 0 Å². The molecule has 2 heterocycles. The smallest absolute Gasteiger partial charge is 0.336 e. The first-order valence-electron chi connectivity index (χ1n) is 6.44. The second kappa shape index (κ2) is 5.58. The summed E-state index contributed by atoms with van der Waals surface area (Å²) in [7, 11) is 0. The largest absolute Gasteiger partial charge is 0.453 e. The van der Waals surface area contributed by atoms with E-state index in [0.717, 1.165) is 5.69 Å². The van der Waals surface area contributed by atoms with Crippen molar-refractivity contribution in [1.82, 2.24) is 24.7 Å². The Labute approximate surface area is 121 Å². The Morgan fingerprint density at radius 1 is 1.14 bits per heavy atom. The number of nitrogens with two attached hydrogens (primary N) is 1. The lowest BCUT2D eigenvalue weighted by molar-refractivity contribution is 0.203. The van der Waals surface area contributed by atoms with Crippen LogP contribution >= 0.6 is 0 Å². The molecule has 1 unspecified atom stereocenters. The first-order valence-corrected chi connectivity index (χ1v) is 6.44. The highest BCUT2D eigenvalue weighted by Gasteiger charge is 2.12. The van der Waals surface area contributed by atoms with Gasteiger partial charge in [-0.1, -0.05) is 18.2 Å². The Balaban J connectivity index is 1.75. The minimum Gasteiger partial charge on any atom is -0.453 e. The maximum Gasteiger partial charge on any atom is 0.336 e. The van der Waals surface area contributed by atoms with Gasteiger partial charge in [-0.25, -0.2) is 14.6 Å². The van der Waals surface area contributed by atoms with Crippen LogP contribution in [-0.2, 0) is 0 Å². The molecule has 0 spiro atoms. The molecule has 1 atom stereocenters. The fourth-order valence-corrected chi connectivity index (χ4v) is 1.84. The van der Waals surface area contributed by atoms with Crippen LogP contribution in [0.1, 0.15) is 18.7 Å². The minimum absolute atomic E-state index is 0.214. The van der Waals surface area contributed by atoms with E-state index >= 15 is 0 Å². The molecule has 0 amide bonds. The molecular formula is C14H14N6O. The summed E-state index contributed by atoms with van der Waals surface area (Å²) in [5.41, 5.74) is 7.15. The zero-order chi connectivity index (χ0) is 14.7. The van der Waals surface area contributed by atoms with Crippen LogP contribution in [0.4, 0.5) is 5.95 Å². The van der Waals surface area contributed by atoms with Crippen molar-refractivity contribution >= 4 is 5.95 Å². The van der Waals surface area contributed by atoms with E-state index in [4.69, 9.17) is 10.5 Å². The van der Waals surface area contributed by atoms with E-state index < -0.39 is 0 Å². The number of aromatic nitrogens is 5. The van der Waals surface area contributed by atoms with Crippen molar-refractivity contribution in [1.29, 1.82) is 0 Å². The molecule has 2 aromatic heterocycles. The van der Waals surface area contributed by atoms with Gasteiger partial charge in [-0.2, -0.15) is 4.98 Å². The van der Waals surface area contributed by atoms with E-state index in [0.29, 0.717) is 5.69 Å². The third kappa shape index (κ3) is 2.97. The fourth-order valence-electron chi connectivity index (χ4n) is 1.84. The van der Waals surface area contributed by atoms with Crippen molar-refractivity contribution in [3.63, 3.8) is 0 Å². The predicted octanol–water partition coefficient (Wildman–Crippen LogP) is 1.78. The van der Waals surface area contributed by atoms with Crippen LogP contribution in [0.5, 0.6) is 6.01 Å². The lowest BCUT2D eigenvalue weighted by atomic mass is 10.3. The minimum atomic E-state index is -0.318. The van der Waals surface area contributed by atoms with Crippen molar-refractivity contribution in [2.45, 2.75) is 13.0 Å². The van der Waals surface area contributed by atoms with Crippen LogP contribution in [0.15, 0.2) is 48.9 Å². The second-order valence-corrected chi connectivity index (χ2v) is 4.41. The van der Waals surface area contributed by atoms with Crippen LogP contribution in [-0.4, -0.2) is 24.7 Å².